The quantitative estimate of drug-likeness (QED) is 0.791. The second-order valence-electron chi connectivity index (χ2n) is 7.93. The van der Waals surface area contributed by atoms with Crippen LogP contribution in [0.2, 0.25) is 0 Å². The fraction of sp³-hybridized carbons (Fsp3) is 0.600. The second kappa shape index (κ2) is 8.10. The van der Waals surface area contributed by atoms with Crippen LogP contribution in [-0.4, -0.2) is 45.4 Å². The molecule has 0 bridgehead atoms. The molecule has 148 valence electrons. The van der Waals surface area contributed by atoms with Gasteiger partial charge in [-0.2, -0.15) is 0 Å². The molecule has 0 radical (unpaired) electrons. The zero-order chi connectivity index (χ0) is 19.6. The molecule has 2 heterocycles. The zero-order valence-electron chi connectivity index (χ0n) is 16.6. The number of aromatic nitrogens is 2. The molecule has 0 N–H and O–H groups in total. The van der Waals surface area contributed by atoms with E-state index in [1.807, 2.05) is 31.7 Å². The number of hydrogen-bond acceptors (Lipinski definition) is 5. The molecule has 0 spiro atoms. The van der Waals surface area contributed by atoms with Crippen LogP contribution in [0.1, 0.15) is 46.1 Å². The summed E-state index contributed by atoms with van der Waals surface area (Å²) in [6.45, 7) is 10.4. The largest absolute Gasteiger partial charge is 0.444 e. The van der Waals surface area contributed by atoms with E-state index in [9.17, 15) is 4.79 Å². The van der Waals surface area contributed by atoms with Crippen LogP contribution >= 0.6 is 12.6 Å². The van der Waals surface area contributed by atoms with E-state index in [0.717, 1.165) is 36.0 Å². The van der Waals surface area contributed by atoms with Crippen molar-refractivity contribution >= 4 is 29.8 Å². The number of ether oxygens (including phenoxy) is 2. The van der Waals surface area contributed by atoms with E-state index in [1.165, 1.54) is 0 Å². The number of nitrogens with zero attached hydrogens (tertiary/aromatic N) is 3. The van der Waals surface area contributed by atoms with Gasteiger partial charge < -0.3 is 18.9 Å². The Kier molecular flexibility index (Phi) is 6.01. The van der Waals surface area contributed by atoms with Crippen molar-refractivity contribution in [2.75, 3.05) is 13.2 Å². The predicted molar refractivity (Wildman–Crippen MR) is 108 cm³/mol. The minimum absolute atomic E-state index is 0.123. The molecular formula is C20H29N3O3S. The Labute approximate surface area is 166 Å². The summed E-state index contributed by atoms with van der Waals surface area (Å²) in [7, 11) is 0. The number of thiol groups is 1. The number of aryl methyl sites for hydroxylation is 1. The molecule has 7 heteroatoms. The van der Waals surface area contributed by atoms with Crippen molar-refractivity contribution in [1.29, 1.82) is 0 Å². The standard InChI is InChI=1S/C20H29N3O3S/c1-5-22-17-7-6-14(12-16(17)21-18(22)27)13-23(15-8-10-25-11-9-15)19(24)26-20(2,3)4/h6-7,12,15H,5,8-11,13H2,1-4H3,(H,21,27). The molecule has 0 aliphatic carbocycles. The Hall–Kier alpha value is -1.73. The molecule has 1 saturated heterocycles. The predicted octanol–water partition coefficient (Wildman–Crippen LogP) is 4.26. The van der Waals surface area contributed by atoms with Crippen LogP contribution < -0.4 is 0 Å². The van der Waals surface area contributed by atoms with Crippen LogP contribution in [0.4, 0.5) is 4.79 Å². The summed E-state index contributed by atoms with van der Waals surface area (Å²) in [4.78, 5) is 19.2. The molecule has 27 heavy (non-hydrogen) atoms. The first-order valence-electron chi connectivity index (χ1n) is 9.54. The van der Waals surface area contributed by atoms with Gasteiger partial charge in [0.05, 0.1) is 11.0 Å². The van der Waals surface area contributed by atoms with E-state index in [0.29, 0.717) is 24.9 Å². The summed E-state index contributed by atoms with van der Waals surface area (Å²) >= 11 is 4.46. The maximum absolute atomic E-state index is 12.9. The van der Waals surface area contributed by atoms with Crippen molar-refractivity contribution in [3.63, 3.8) is 0 Å². The molecule has 0 saturated carbocycles. The highest BCUT2D eigenvalue weighted by Gasteiger charge is 2.30. The zero-order valence-corrected chi connectivity index (χ0v) is 17.5. The molecule has 1 aliphatic heterocycles. The van der Waals surface area contributed by atoms with Gasteiger partial charge in [0.25, 0.3) is 0 Å². The van der Waals surface area contributed by atoms with E-state index in [-0.39, 0.29) is 12.1 Å². The van der Waals surface area contributed by atoms with Crippen molar-refractivity contribution < 1.29 is 14.3 Å². The Morgan fingerprint density at radius 2 is 2.07 bits per heavy atom. The van der Waals surface area contributed by atoms with Gasteiger partial charge in [-0.1, -0.05) is 6.07 Å². The van der Waals surface area contributed by atoms with Crippen molar-refractivity contribution in [2.45, 2.75) is 70.4 Å². The fourth-order valence-electron chi connectivity index (χ4n) is 3.43. The van der Waals surface area contributed by atoms with Crippen LogP contribution in [0.25, 0.3) is 11.0 Å². The van der Waals surface area contributed by atoms with Gasteiger partial charge >= 0.3 is 6.09 Å². The molecule has 1 aromatic heterocycles. The lowest BCUT2D eigenvalue weighted by Gasteiger charge is -2.35. The minimum atomic E-state index is -0.523. The van der Waals surface area contributed by atoms with Gasteiger partial charge in [-0.05, 0) is 58.2 Å². The van der Waals surface area contributed by atoms with Gasteiger partial charge in [-0.3, -0.25) is 0 Å². The molecule has 3 rings (SSSR count). The molecular weight excluding hydrogens is 362 g/mol. The summed E-state index contributed by atoms with van der Waals surface area (Å²) < 4.78 is 13.2. The molecule has 1 amide bonds. The third kappa shape index (κ3) is 4.76. The fourth-order valence-corrected chi connectivity index (χ4v) is 3.79. The smallest absolute Gasteiger partial charge is 0.410 e. The number of hydrogen-bond donors (Lipinski definition) is 1. The topological polar surface area (TPSA) is 56.6 Å². The molecule has 1 fully saturated rings. The van der Waals surface area contributed by atoms with Crippen molar-refractivity contribution in [3.8, 4) is 0 Å². The molecule has 2 aromatic rings. The summed E-state index contributed by atoms with van der Waals surface area (Å²) in [6, 6.07) is 6.27. The van der Waals surface area contributed by atoms with Gasteiger partial charge in [-0.15, -0.1) is 12.6 Å². The average Bonchev–Trinajstić information content (AvgIpc) is 2.93. The number of fused-ring (bicyclic) bond motifs is 1. The van der Waals surface area contributed by atoms with Gasteiger partial charge in [0.2, 0.25) is 0 Å². The van der Waals surface area contributed by atoms with Crippen LogP contribution in [0.3, 0.4) is 0 Å². The van der Waals surface area contributed by atoms with E-state index >= 15 is 0 Å². The van der Waals surface area contributed by atoms with E-state index in [1.54, 1.807) is 0 Å². The SMILES string of the molecule is CCn1c(S)nc2cc(CN(C(=O)OC(C)(C)C)C3CCOCC3)ccc21. The number of carbonyl (C=O) groups excluding carboxylic acids is 1. The molecule has 1 aliphatic rings. The van der Waals surface area contributed by atoms with Gasteiger partial charge in [0, 0.05) is 32.3 Å². The first-order valence-corrected chi connectivity index (χ1v) is 9.98. The van der Waals surface area contributed by atoms with E-state index in [4.69, 9.17) is 9.47 Å². The van der Waals surface area contributed by atoms with Gasteiger partial charge in [0.1, 0.15) is 5.60 Å². The third-order valence-electron chi connectivity index (χ3n) is 4.72. The Morgan fingerprint density at radius 1 is 1.37 bits per heavy atom. The minimum Gasteiger partial charge on any atom is -0.444 e. The maximum Gasteiger partial charge on any atom is 0.410 e. The highest BCUT2D eigenvalue weighted by molar-refractivity contribution is 7.80. The van der Waals surface area contributed by atoms with Crippen LogP contribution in [0.5, 0.6) is 0 Å². The Balaban J connectivity index is 1.86. The second-order valence-corrected chi connectivity index (χ2v) is 8.33. The van der Waals surface area contributed by atoms with Crippen molar-refractivity contribution in [3.05, 3.63) is 23.8 Å². The summed E-state index contributed by atoms with van der Waals surface area (Å²) in [5.41, 5.74) is 2.47. The summed E-state index contributed by atoms with van der Waals surface area (Å²) in [6.07, 6.45) is 1.38. The van der Waals surface area contributed by atoms with Crippen molar-refractivity contribution in [2.24, 2.45) is 0 Å². The number of rotatable bonds is 4. The summed E-state index contributed by atoms with van der Waals surface area (Å²) in [5.74, 6) is 0. The van der Waals surface area contributed by atoms with Gasteiger partial charge in [0.15, 0.2) is 5.16 Å². The normalized spacial score (nSPS) is 15.9. The highest BCUT2D eigenvalue weighted by atomic mass is 32.1. The molecule has 1 aromatic carbocycles. The maximum atomic E-state index is 12.9. The van der Waals surface area contributed by atoms with E-state index in [2.05, 4.69) is 41.2 Å². The monoisotopic (exact) mass is 391 g/mol. The average molecular weight is 392 g/mol. The number of benzene rings is 1. The van der Waals surface area contributed by atoms with Gasteiger partial charge in [-0.25, -0.2) is 9.78 Å². The van der Waals surface area contributed by atoms with E-state index < -0.39 is 5.60 Å². The van der Waals surface area contributed by atoms with Crippen LogP contribution in [-0.2, 0) is 22.6 Å². The Bertz CT molecular complexity index is 807. The molecule has 6 nitrogen and oxygen atoms in total. The van der Waals surface area contributed by atoms with Crippen molar-refractivity contribution in [1.82, 2.24) is 14.5 Å². The van der Waals surface area contributed by atoms with Crippen LogP contribution in [0.15, 0.2) is 23.4 Å². The first kappa shape index (κ1) is 20.0. The summed E-state index contributed by atoms with van der Waals surface area (Å²) in [5, 5.41) is 0.707. The lowest BCUT2D eigenvalue weighted by atomic mass is 10.1. The lowest BCUT2D eigenvalue weighted by Crippen LogP contribution is -2.45. The van der Waals surface area contributed by atoms with Crippen LogP contribution in [0, 0.1) is 0 Å². The molecule has 0 unspecified atom stereocenters. The third-order valence-corrected chi connectivity index (χ3v) is 5.06. The number of amides is 1. The highest BCUT2D eigenvalue weighted by Crippen LogP contribution is 2.24. The molecule has 0 atom stereocenters. The lowest BCUT2D eigenvalue weighted by molar-refractivity contribution is -0.00807. The number of imidazole rings is 1. The Morgan fingerprint density at radius 3 is 2.70 bits per heavy atom. The number of carbonyl (C=O) groups is 1. The first-order chi connectivity index (χ1) is 12.8.